The molecule has 0 aliphatic heterocycles. The molecule has 2 aromatic rings. The average Bonchev–Trinajstić information content (AvgIpc) is 2.64. The number of alkyl carbamates (subject to hydrolysis) is 1. The van der Waals surface area contributed by atoms with Crippen LogP contribution in [0.5, 0.6) is 11.5 Å². The van der Waals surface area contributed by atoms with E-state index in [0.717, 1.165) is 34.7 Å². The Bertz CT molecular complexity index is 784. The molecule has 0 unspecified atom stereocenters. The molecule has 2 N–H and O–H groups in total. The summed E-state index contributed by atoms with van der Waals surface area (Å²) in [5.74, 6) is 1.54. The summed E-state index contributed by atoms with van der Waals surface area (Å²) in [6.45, 7) is 6.90. The lowest BCUT2D eigenvalue weighted by atomic mass is 10.0. The lowest BCUT2D eigenvalue weighted by Gasteiger charge is -2.19. The van der Waals surface area contributed by atoms with Crippen LogP contribution in [0, 0.1) is 0 Å². The number of ether oxygens (including phenoxy) is 3. The molecule has 28 heavy (non-hydrogen) atoms. The van der Waals surface area contributed by atoms with Crippen LogP contribution < -0.4 is 20.1 Å². The van der Waals surface area contributed by atoms with Crippen molar-refractivity contribution >= 4 is 6.09 Å². The van der Waals surface area contributed by atoms with Gasteiger partial charge in [0.05, 0.1) is 13.7 Å². The van der Waals surface area contributed by atoms with E-state index in [1.807, 2.05) is 64.2 Å². The topological polar surface area (TPSA) is 68.8 Å². The van der Waals surface area contributed by atoms with Gasteiger partial charge in [-0.2, -0.15) is 0 Å². The molecule has 0 aromatic heterocycles. The van der Waals surface area contributed by atoms with Gasteiger partial charge in [-0.25, -0.2) is 4.79 Å². The van der Waals surface area contributed by atoms with Gasteiger partial charge in [0.15, 0.2) is 0 Å². The highest BCUT2D eigenvalue weighted by Crippen LogP contribution is 2.32. The first-order valence-electron chi connectivity index (χ1n) is 9.34. The van der Waals surface area contributed by atoms with Crippen molar-refractivity contribution in [3.8, 4) is 22.6 Å². The second kappa shape index (κ2) is 9.99. The largest absolute Gasteiger partial charge is 0.496 e. The number of hydrogen-bond donors (Lipinski definition) is 2. The Morgan fingerprint density at radius 3 is 2.54 bits per heavy atom. The minimum Gasteiger partial charge on any atom is -0.496 e. The molecule has 0 aliphatic carbocycles. The molecular formula is C22H30N2O4. The summed E-state index contributed by atoms with van der Waals surface area (Å²) >= 11 is 0. The van der Waals surface area contributed by atoms with Gasteiger partial charge < -0.3 is 24.8 Å². The molecule has 2 aromatic carbocycles. The molecule has 6 heteroatoms. The van der Waals surface area contributed by atoms with Crippen molar-refractivity contribution in [2.75, 3.05) is 27.3 Å². The third-order valence-corrected chi connectivity index (χ3v) is 3.80. The smallest absolute Gasteiger partial charge is 0.407 e. The first kappa shape index (κ1) is 21.6. The van der Waals surface area contributed by atoms with E-state index in [-0.39, 0.29) is 0 Å². The maximum atomic E-state index is 11.7. The zero-order chi connectivity index (χ0) is 20.6. The van der Waals surface area contributed by atoms with E-state index < -0.39 is 11.7 Å². The molecule has 1 amide bonds. The zero-order valence-electron chi connectivity index (χ0n) is 17.3. The first-order chi connectivity index (χ1) is 13.3. The molecule has 0 saturated carbocycles. The minimum atomic E-state index is -0.518. The highest BCUT2D eigenvalue weighted by molar-refractivity contribution is 5.72. The normalized spacial score (nSPS) is 11.0. The van der Waals surface area contributed by atoms with Crippen LogP contribution in [0.4, 0.5) is 4.79 Å². The minimum absolute atomic E-state index is 0.341. The second-order valence-corrected chi connectivity index (χ2v) is 7.37. The van der Waals surface area contributed by atoms with Crippen LogP contribution >= 0.6 is 0 Å². The van der Waals surface area contributed by atoms with Crippen molar-refractivity contribution in [3.05, 3.63) is 48.0 Å². The zero-order valence-corrected chi connectivity index (χ0v) is 17.3. The molecule has 0 spiro atoms. The third-order valence-electron chi connectivity index (χ3n) is 3.80. The average molecular weight is 386 g/mol. The van der Waals surface area contributed by atoms with E-state index in [1.54, 1.807) is 7.11 Å². The standard InChI is InChI=1S/C22H30N2O4/c1-22(2,3)28-21(25)24-10-11-27-18-13-16(15-23-4)12-17(14-18)19-8-6-7-9-20(19)26-5/h6-9,12-14,23H,10-11,15H2,1-5H3,(H,24,25). The summed E-state index contributed by atoms with van der Waals surface area (Å²) in [5.41, 5.74) is 2.59. The van der Waals surface area contributed by atoms with Crippen molar-refractivity contribution in [1.82, 2.24) is 10.6 Å². The Kier molecular flexibility index (Phi) is 7.70. The van der Waals surface area contributed by atoms with Gasteiger partial charge in [-0.15, -0.1) is 0 Å². The molecule has 0 saturated heterocycles. The van der Waals surface area contributed by atoms with Crippen LogP contribution in [0.25, 0.3) is 11.1 Å². The van der Waals surface area contributed by atoms with Crippen molar-refractivity contribution in [1.29, 1.82) is 0 Å². The molecule has 0 aliphatic rings. The Morgan fingerprint density at radius 1 is 1.11 bits per heavy atom. The monoisotopic (exact) mass is 386 g/mol. The Morgan fingerprint density at radius 2 is 1.86 bits per heavy atom. The highest BCUT2D eigenvalue weighted by Gasteiger charge is 2.15. The van der Waals surface area contributed by atoms with E-state index in [4.69, 9.17) is 14.2 Å². The SMILES string of the molecule is CNCc1cc(OCCNC(=O)OC(C)(C)C)cc(-c2ccccc2OC)c1. The molecular weight excluding hydrogens is 356 g/mol. The van der Waals surface area contributed by atoms with Crippen molar-refractivity contribution in [3.63, 3.8) is 0 Å². The maximum Gasteiger partial charge on any atom is 0.407 e. The third kappa shape index (κ3) is 6.78. The van der Waals surface area contributed by atoms with Crippen LogP contribution in [0.2, 0.25) is 0 Å². The number of para-hydroxylation sites is 1. The van der Waals surface area contributed by atoms with Crippen LogP contribution in [-0.2, 0) is 11.3 Å². The summed E-state index contributed by atoms with van der Waals surface area (Å²) < 4.78 is 16.6. The number of amides is 1. The molecule has 0 fully saturated rings. The van der Waals surface area contributed by atoms with E-state index in [0.29, 0.717) is 13.2 Å². The molecule has 6 nitrogen and oxygen atoms in total. The van der Waals surface area contributed by atoms with Crippen molar-refractivity contribution < 1.29 is 19.0 Å². The molecule has 0 bridgehead atoms. The number of carbonyl (C=O) groups excluding carboxylic acids is 1. The van der Waals surface area contributed by atoms with Gasteiger partial charge in [-0.1, -0.05) is 18.2 Å². The quantitative estimate of drug-likeness (QED) is 0.672. The van der Waals surface area contributed by atoms with E-state index in [2.05, 4.69) is 16.7 Å². The number of methoxy groups -OCH3 is 1. The fourth-order valence-electron chi connectivity index (χ4n) is 2.73. The van der Waals surface area contributed by atoms with Crippen LogP contribution in [-0.4, -0.2) is 39.0 Å². The lowest BCUT2D eigenvalue weighted by molar-refractivity contribution is 0.0520. The van der Waals surface area contributed by atoms with E-state index in [9.17, 15) is 4.79 Å². The summed E-state index contributed by atoms with van der Waals surface area (Å²) in [7, 11) is 3.57. The predicted molar refractivity (Wildman–Crippen MR) is 111 cm³/mol. The van der Waals surface area contributed by atoms with Gasteiger partial charge in [-0.05, 0) is 63.2 Å². The van der Waals surface area contributed by atoms with E-state index >= 15 is 0 Å². The van der Waals surface area contributed by atoms with Gasteiger partial charge in [0, 0.05) is 12.1 Å². The van der Waals surface area contributed by atoms with Gasteiger partial charge in [0.25, 0.3) is 0 Å². The van der Waals surface area contributed by atoms with Gasteiger partial charge in [0.2, 0.25) is 0 Å². The van der Waals surface area contributed by atoms with Gasteiger partial charge in [-0.3, -0.25) is 0 Å². The summed E-state index contributed by atoms with van der Waals surface area (Å²) in [5, 5.41) is 5.86. The Balaban J connectivity index is 2.08. The second-order valence-electron chi connectivity index (χ2n) is 7.37. The molecule has 0 atom stereocenters. The fourth-order valence-corrected chi connectivity index (χ4v) is 2.73. The Hall–Kier alpha value is -2.73. The summed E-state index contributed by atoms with van der Waals surface area (Å²) in [4.78, 5) is 11.7. The summed E-state index contributed by atoms with van der Waals surface area (Å²) in [6.07, 6.45) is -0.449. The number of hydrogen-bond acceptors (Lipinski definition) is 5. The number of nitrogens with one attached hydrogen (secondary N) is 2. The van der Waals surface area contributed by atoms with Crippen LogP contribution in [0.15, 0.2) is 42.5 Å². The van der Waals surface area contributed by atoms with Gasteiger partial charge in [0.1, 0.15) is 23.7 Å². The Labute approximate surface area is 167 Å². The fraction of sp³-hybridized carbons (Fsp3) is 0.409. The van der Waals surface area contributed by atoms with Gasteiger partial charge >= 0.3 is 6.09 Å². The first-order valence-corrected chi connectivity index (χ1v) is 9.34. The molecule has 152 valence electrons. The maximum absolute atomic E-state index is 11.7. The lowest BCUT2D eigenvalue weighted by Crippen LogP contribution is -2.34. The molecule has 0 radical (unpaired) electrons. The highest BCUT2D eigenvalue weighted by atomic mass is 16.6. The predicted octanol–water partition coefficient (Wildman–Crippen LogP) is 3.99. The molecule has 2 rings (SSSR count). The van der Waals surface area contributed by atoms with Crippen molar-refractivity contribution in [2.24, 2.45) is 0 Å². The molecule has 0 heterocycles. The van der Waals surface area contributed by atoms with E-state index in [1.165, 1.54) is 0 Å². The van der Waals surface area contributed by atoms with Crippen LogP contribution in [0.3, 0.4) is 0 Å². The summed E-state index contributed by atoms with van der Waals surface area (Å²) in [6, 6.07) is 14.0. The number of carbonyl (C=O) groups is 1. The number of rotatable bonds is 8. The number of benzene rings is 2. The van der Waals surface area contributed by atoms with Crippen LogP contribution in [0.1, 0.15) is 26.3 Å². The van der Waals surface area contributed by atoms with Crippen molar-refractivity contribution in [2.45, 2.75) is 32.9 Å².